The Morgan fingerprint density at radius 3 is 2.91 bits per heavy atom. The van der Waals surface area contributed by atoms with Gasteiger partial charge in [0.05, 0.1) is 11.4 Å². The average Bonchev–Trinajstić information content (AvgIpc) is 3.08. The van der Waals surface area contributed by atoms with Crippen LogP contribution in [0.2, 0.25) is 5.02 Å². The lowest BCUT2D eigenvalue weighted by Crippen LogP contribution is -2.00. The van der Waals surface area contributed by atoms with Crippen LogP contribution >= 0.6 is 23.4 Å². The highest BCUT2D eigenvalue weighted by atomic mass is 35.5. The van der Waals surface area contributed by atoms with E-state index < -0.39 is 0 Å². The average molecular weight is 336 g/mol. The van der Waals surface area contributed by atoms with Crippen molar-refractivity contribution >= 4 is 23.4 Å². The van der Waals surface area contributed by atoms with Gasteiger partial charge < -0.3 is 4.52 Å². The van der Waals surface area contributed by atoms with E-state index in [1.807, 2.05) is 38.1 Å². The Morgan fingerprint density at radius 2 is 2.18 bits per heavy atom. The molecule has 22 heavy (non-hydrogen) atoms. The topological polar surface area (TPSA) is 69.6 Å². The molecule has 0 saturated carbocycles. The molecule has 0 radical (unpaired) electrons. The summed E-state index contributed by atoms with van der Waals surface area (Å²) in [5, 5.41) is 17.2. The standard InChI is InChI=1S/C14H14ClN5OS/c1-9-13(10(2)21-17-9)6-7-22-14-16-18-19-20(14)12-5-3-4-11(15)8-12/h3-5,8H,6-7H2,1-2H3. The van der Waals surface area contributed by atoms with Crippen molar-refractivity contribution < 1.29 is 4.52 Å². The first-order chi connectivity index (χ1) is 10.6. The van der Waals surface area contributed by atoms with Gasteiger partial charge in [0.2, 0.25) is 5.16 Å². The smallest absolute Gasteiger partial charge is 0.214 e. The first-order valence-corrected chi connectivity index (χ1v) is 8.10. The zero-order valence-electron chi connectivity index (χ0n) is 12.2. The maximum absolute atomic E-state index is 6.01. The van der Waals surface area contributed by atoms with Gasteiger partial charge in [-0.1, -0.05) is 34.6 Å². The maximum atomic E-state index is 6.01. The van der Waals surface area contributed by atoms with Crippen LogP contribution in [0.15, 0.2) is 33.9 Å². The van der Waals surface area contributed by atoms with E-state index in [0.29, 0.717) is 5.02 Å². The van der Waals surface area contributed by atoms with E-state index in [9.17, 15) is 0 Å². The molecule has 2 heterocycles. The molecule has 0 spiro atoms. The predicted octanol–water partition coefficient (Wildman–Crippen LogP) is 3.26. The zero-order chi connectivity index (χ0) is 15.5. The van der Waals surface area contributed by atoms with Crippen molar-refractivity contribution in [2.45, 2.75) is 25.4 Å². The number of hydrogen-bond donors (Lipinski definition) is 0. The quantitative estimate of drug-likeness (QED) is 0.666. The molecule has 2 aromatic heterocycles. The number of thioether (sulfide) groups is 1. The van der Waals surface area contributed by atoms with Crippen molar-refractivity contribution in [3.8, 4) is 5.69 Å². The van der Waals surface area contributed by atoms with Crippen molar-refractivity contribution in [2.75, 3.05) is 5.75 Å². The Balaban J connectivity index is 1.71. The Labute approximate surface area is 136 Å². The first kappa shape index (κ1) is 15.1. The molecule has 8 heteroatoms. The third-order valence-corrected chi connectivity index (χ3v) is 4.41. The number of tetrazole rings is 1. The summed E-state index contributed by atoms with van der Waals surface area (Å²) in [5.41, 5.74) is 2.93. The van der Waals surface area contributed by atoms with Gasteiger partial charge in [-0.3, -0.25) is 0 Å². The fraction of sp³-hybridized carbons (Fsp3) is 0.286. The van der Waals surface area contributed by atoms with Crippen LogP contribution in [0, 0.1) is 13.8 Å². The number of nitrogens with zero attached hydrogens (tertiary/aromatic N) is 5. The molecule has 0 bridgehead atoms. The Bertz CT molecular complexity index is 766. The Hall–Kier alpha value is -1.86. The van der Waals surface area contributed by atoms with Crippen molar-refractivity contribution in [3.05, 3.63) is 46.3 Å². The van der Waals surface area contributed by atoms with Crippen LogP contribution in [-0.4, -0.2) is 31.1 Å². The van der Waals surface area contributed by atoms with Gasteiger partial charge in [0, 0.05) is 16.3 Å². The Kier molecular flexibility index (Phi) is 4.44. The van der Waals surface area contributed by atoms with Gasteiger partial charge in [0.15, 0.2) is 0 Å². The maximum Gasteiger partial charge on any atom is 0.214 e. The molecular formula is C14H14ClN5OS. The fourth-order valence-corrected chi connectivity index (χ4v) is 3.17. The van der Waals surface area contributed by atoms with E-state index in [4.69, 9.17) is 16.1 Å². The van der Waals surface area contributed by atoms with E-state index in [1.165, 1.54) is 0 Å². The summed E-state index contributed by atoms with van der Waals surface area (Å²) in [4.78, 5) is 0. The third kappa shape index (κ3) is 3.15. The summed E-state index contributed by atoms with van der Waals surface area (Å²) in [6.07, 6.45) is 0.855. The number of halogens is 1. The lowest BCUT2D eigenvalue weighted by Gasteiger charge is -2.04. The third-order valence-electron chi connectivity index (χ3n) is 3.26. The summed E-state index contributed by atoms with van der Waals surface area (Å²) >= 11 is 7.60. The molecule has 1 aromatic carbocycles. The SMILES string of the molecule is Cc1noc(C)c1CCSc1nnnn1-c1cccc(Cl)c1. The molecule has 0 aliphatic heterocycles. The van der Waals surface area contributed by atoms with Crippen LogP contribution in [0.5, 0.6) is 0 Å². The van der Waals surface area contributed by atoms with Gasteiger partial charge in [-0.25, -0.2) is 0 Å². The minimum Gasteiger partial charge on any atom is -0.361 e. The number of aryl methyl sites for hydroxylation is 2. The molecule has 0 saturated heterocycles. The van der Waals surface area contributed by atoms with Crippen LogP contribution < -0.4 is 0 Å². The minimum absolute atomic E-state index is 0.652. The predicted molar refractivity (Wildman–Crippen MR) is 84.6 cm³/mol. The normalized spacial score (nSPS) is 11.0. The highest BCUT2D eigenvalue weighted by Crippen LogP contribution is 2.22. The number of benzene rings is 1. The fourth-order valence-electron chi connectivity index (χ4n) is 2.14. The van der Waals surface area contributed by atoms with E-state index in [-0.39, 0.29) is 0 Å². The van der Waals surface area contributed by atoms with E-state index in [0.717, 1.165) is 40.0 Å². The largest absolute Gasteiger partial charge is 0.361 e. The molecule has 0 unspecified atom stereocenters. The lowest BCUT2D eigenvalue weighted by molar-refractivity contribution is 0.392. The van der Waals surface area contributed by atoms with Gasteiger partial charge in [-0.15, -0.1) is 5.10 Å². The van der Waals surface area contributed by atoms with E-state index >= 15 is 0 Å². The molecule has 0 aliphatic rings. The molecule has 3 rings (SSSR count). The van der Waals surface area contributed by atoms with Gasteiger partial charge in [0.1, 0.15) is 5.76 Å². The molecule has 3 aromatic rings. The zero-order valence-corrected chi connectivity index (χ0v) is 13.7. The van der Waals surface area contributed by atoms with Crippen LogP contribution in [0.4, 0.5) is 0 Å². The number of hydrogen-bond acceptors (Lipinski definition) is 6. The monoisotopic (exact) mass is 335 g/mol. The molecule has 0 N–H and O–H groups in total. The summed E-state index contributed by atoms with van der Waals surface area (Å²) in [5.74, 6) is 1.71. The minimum atomic E-state index is 0.652. The van der Waals surface area contributed by atoms with Crippen LogP contribution in [-0.2, 0) is 6.42 Å². The highest BCUT2D eigenvalue weighted by Gasteiger charge is 2.12. The molecule has 0 fully saturated rings. The van der Waals surface area contributed by atoms with Crippen LogP contribution in [0.25, 0.3) is 5.69 Å². The summed E-state index contributed by atoms with van der Waals surface area (Å²) in [6, 6.07) is 7.44. The van der Waals surface area contributed by atoms with Crippen molar-refractivity contribution in [2.24, 2.45) is 0 Å². The van der Waals surface area contributed by atoms with Crippen molar-refractivity contribution in [3.63, 3.8) is 0 Å². The van der Waals surface area contributed by atoms with Crippen LogP contribution in [0.1, 0.15) is 17.0 Å². The van der Waals surface area contributed by atoms with Gasteiger partial charge in [-0.2, -0.15) is 4.68 Å². The summed E-state index contributed by atoms with van der Waals surface area (Å²) < 4.78 is 6.85. The van der Waals surface area contributed by atoms with Gasteiger partial charge >= 0.3 is 0 Å². The molecule has 114 valence electrons. The number of aromatic nitrogens is 5. The highest BCUT2D eigenvalue weighted by molar-refractivity contribution is 7.99. The molecule has 0 amide bonds. The van der Waals surface area contributed by atoms with E-state index in [2.05, 4.69) is 20.7 Å². The summed E-state index contributed by atoms with van der Waals surface area (Å²) in [6.45, 7) is 3.88. The second-order valence-electron chi connectivity index (χ2n) is 4.75. The molecule has 0 atom stereocenters. The van der Waals surface area contributed by atoms with Crippen molar-refractivity contribution in [1.82, 2.24) is 25.4 Å². The first-order valence-electron chi connectivity index (χ1n) is 6.74. The number of rotatable bonds is 5. The van der Waals surface area contributed by atoms with Gasteiger partial charge in [-0.05, 0) is 48.9 Å². The lowest BCUT2D eigenvalue weighted by atomic mass is 10.1. The van der Waals surface area contributed by atoms with Crippen LogP contribution in [0.3, 0.4) is 0 Å². The second-order valence-corrected chi connectivity index (χ2v) is 6.25. The molecule has 0 aliphatic carbocycles. The second kappa shape index (κ2) is 6.50. The van der Waals surface area contributed by atoms with Gasteiger partial charge in [0.25, 0.3) is 0 Å². The summed E-state index contributed by atoms with van der Waals surface area (Å²) in [7, 11) is 0. The molecule has 6 nitrogen and oxygen atoms in total. The molecular weight excluding hydrogens is 322 g/mol. The van der Waals surface area contributed by atoms with E-state index in [1.54, 1.807) is 16.4 Å². The van der Waals surface area contributed by atoms with Crippen molar-refractivity contribution in [1.29, 1.82) is 0 Å². The Morgan fingerprint density at radius 1 is 1.32 bits per heavy atom.